The largest absolute Gasteiger partial charge is 0.457 e. The highest BCUT2D eigenvalue weighted by Gasteiger charge is 2.29. The number of nitrogens with zero attached hydrogens (tertiary/aromatic N) is 2. The van der Waals surface area contributed by atoms with E-state index in [0.29, 0.717) is 17.5 Å². The summed E-state index contributed by atoms with van der Waals surface area (Å²) in [5.74, 6) is 1.36. The molecule has 1 heterocycles. The van der Waals surface area contributed by atoms with Gasteiger partial charge in [0, 0.05) is 44.0 Å². The van der Waals surface area contributed by atoms with Gasteiger partial charge in [0.1, 0.15) is 11.5 Å². The van der Waals surface area contributed by atoms with Gasteiger partial charge in [-0.2, -0.15) is 0 Å². The Morgan fingerprint density at radius 3 is 2.18 bits per heavy atom. The fraction of sp³-hybridized carbons (Fsp3) is 0.464. The third-order valence-electron chi connectivity index (χ3n) is 6.99. The number of anilines is 1. The van der Waals surface area contributed by atoms with E-state index < -0.39 is 10.0 Å². The number of carbonyl (C=O) groups is 1. The maximum absolute atomic E-state index is 12.9. The lowest BCUT2D eigenvalue weighted by Crippen LogP contribution is -2.53. The van der Waals surface area contributed by atoms with Crippen molar-refractivity contribution in [1.82, 2.24) is 15.1 Å². The van der Waals surface area contributed by atoms with Gasteiger partial charge < -0.3 is 15.0 Å². The molecule has 0 unspecified atom stereocenters. The topological polar surface area (TPSA) is 91.0 Å². The second-order valence-electron chi connectivity index (χ2n) is 10.0. The average Bonchev–Trinajstić information content (AvgIpc) is 2.84. The van der Waals surface area contributed by atoms with E-state index in [1.54, 1.807) is 24.3 Å². The molecule has 0 bridgehead atoms. The molecular formula is C28H39ClN4O4S. The first-order valence-electron chi connectivity index (χ1n) is 13.0. The van der Waals surface area contributed by atoms with Gasteiger partial charge in [0.05, 0.1) is 6.26 Å². The van der Waals surface area contributed by atoms with Crippen LogP contribution in [0.3, 0.4) is 0 Å². The standard InChI is InChI=1S/C28H38N4O4S.ClH/c1-3-4-18-32(28(33)29-23-6-5-7-23)25-16-19-31(20-17-25)21-22-8-12-26(13-9-22)36-27-14-10-24(11-15-27)30-37(2,34)35;/h3,8-15,23,25,30H,1,4-7,16-21H2,2H3,(H,29,33);1H. The number of likely N-dealkylation sites (tertiary alicyclic amines) is 1. The molecule has 0 atom stereocenters. The molecule has 2 aromatic carbocycles. The van der Waals surface area contributed by atoms with Crippen LogP contribution >= 0.6 is 12.4 Å². The van der Waals surface area contributed by atoms with Gasteiger partial charge in [-0.3, -0.25) is 9.62 Å². The lowest BCUT2D eigenvalue weighted by atomic mass is 9.93. The fourth-order valence-corrected chi connectivity index (χ4v) is 5.31. The number of benzene rings is 2. The highest BCUT2D eigenvalue weighted by molar-refractivity contribution is 7.92. The number of ether oxygens (including phenoxy) is 1. The van der Waals surface area contributed by atoms with Crippen LogP contribution < -0.4 is 14.8 Å². The molecule has 10 heteroatoms. The number of sulfonamides is 1. The maximum atomic E-state index is 12.9. The summed E-state index contributed by atoms with van der Waals surface area (Å²) in [6, 6.07) is 15.6. The van der Waals surface area contributed by atoms with E-state index in [2.05, 4.69) is 33.7 Å². The van der Waals surface area contributed by atoms with Gasteiger partial charge in [0.25, 0.3) is 0 Å². The summed E-state index contributed by atoms with van der Waals surface area (Å²) in [5.41, 5.74) is 1.71. The van der Waals surface area contributed by atoms with Crippen molar-refractivity contribution in [3.8, 4) is 11.5 Å². The van der Waals surface area contributed by atoms with E-state index in [0.717, 1.165) is 70.3 Å². The normalized spacial score (nSPS) is 16.6. The smallest absolute Gasteiger partial charge is 0.317 e. The Hall–Kier alpha value is -2.75. The van der Waals surface area contributed by atoms with E-state index in [1.807, 2.05) is 23.1 Å². The molecule has 2 amide bonds. The van der Waals surface area contributed by atoms with Crippen molar-refractivity contribution in [3.63, 3.8) is 0 Å². The molecule has 0 radical (unpaired) electrons. The average molecular weight is 563 g/mol. The number of rotatable bonds is 11. The van der Waals surface area contributed by atoms with Gasteiger partial charge in [-0.1, -0.05) is 18.2 Å². The van der Waals surface area contributed by atoms with Crippen molar-refractivity contribution in [2.24, 2.45) is 0 Å². The zero-order valence-corrected chi connectivity index (χ0v) is 23.6. The minimum absolute atomic E-state index is 0. The van der Waals surface area contributed by atoms with Gasteiger partial charge in [-0.05, 0) is 80.5 Å². The summed E-state index contributed by atoms with van der Waals surface area (Å²) in [7, 11) is -3.30. The summed E-state index contributed by atoms with van der Waals surface area (Å²) < 4.78 is 31.0. The number of halogens is 1. The Morgan fingerprint density at radius 1 is 1.05 bits per heavy atom. The first-order chi connectivity index (χ1) is 17.8. The molecule has 1 saturated heterocycles. The van der Waals surface area contributed by atoms with Gasteiger partial charge in [-0.25, -0.2) is 13.2 Å². The Bertz CT molecular complexity index is 1150. The number of hydrogen-bond acceptors (Lipinski definition) is 5. The molecular weight excluding hydrogens is 524 g/mol. The summed E-state index contributed by atoms with van der Waals surface area (Å²) in [6.07, 6.45) is 9.17. The lowest BCUT2D eigenvalue weighted by Gasteiger charge is -2.40. The Labute approximate surface area is 232 Å². The third kappa shape index (κ3) is 8.92. The van der Waals surface area contributed by atoms with Gasteiger partial charge >= 0.3 is 6.03 Å². The van der Waals surface area contributed by atoms with Crippen LogP contribution in [0, 0.1) is 0 Å². The van der Waals surface area contributed by atoms with Crippen LogP contribution in [-0.4, -0.2) is 62.2 Å². The minimum atomic E-state index is -3.30. The molecule has 0 spiro atoms. The van der Waals surface area contributed by atoms with E-state index in [-0.39, 0.29) is 24.5 Å². The molecule has 2 N–H and O–H groups in total. The zero-order chi connectivity index (χ0) is 26.3. The first-order valence-corrected chi connectivity index (χ1v) is 14.9. The van der Waals surface area contributed by atoms with Crippen molar-refractivity contribution in [2.45, 2.75) is 57.2 Å². The van der Waals surface area contributed by atoms with E-state index >= 15 is 0 Å². The van der Waals surface area contributed by atoms with Crippen molar-refractivity contribution in [2.75, 3.05) is 30.6 Å². The van der Waals surface area contributed by atoms with Crippen molar-refractivity contribution < 1.29 is 17.9 Å². The SMILES string of the molecule is C=CCCN(C(=O)NC1CCC1)C1CCN(Cc2ccc(Oc3ccc(NS(C)(=O)=O)cc3)cc2)CC1.Cl. The number of carbonyl (C=O) groups excluding carboxylic acids is 1. The monoisotopic (exact) mass is 562 g/mol. The van der Waals surface area contributed by atoms with Crippen LogP contribution in [0.15, 0.2) is 61.2 Å². The minimum Gasteiger partial charge on any atom is -0.457 e. The summed E-state index contributed by atoms with van der Waals surface area (Å²) in [6.45, 7) is 7.33. The number of urea groups is 1. The quantitative estimate of drug-likeness (QED) is 0.359. The number of piperidine rings is 1. The molecule has 0 aromatic heterocycles. The summed E-state index contributed by atoms with van der Waals surface area (Å²) >= 11 is 0. The van der Waals surface area contributed by atoms with E-state index in [9.17, 15) is 13.2 Å². The molecule has 4 rings (SSSR count). The first kappa shape index (κ1) is 29.8. The lowest BCUT2D eigenvalue weighted by molar-refractivity contribution is 0.114. The van der Waals surface area contributed by atoms with Crippen molar-refractivity contribution >= 4 is 34.1 Å². The highest BCUT2D eigenvalue weighted by Crippen LogP contribution is 2.25. The fourth-order valence-electron chi connectivity index (χ4n) is 4.74. The van der Waals surface area contributed by atoms with Crippen LogP contribution in [0.5, 0.6) is 11.5 Å². The van der Waals surface area contributed by atoms with Crippen molar-refractivity contribution in [3.05, 3.63) is 66.7 Å². The molecule has 2 aromatic rings. The second-order valence-corrected chi connectivity index (χ2v) is 11.7. The Morgan fingerprint density at radius 2 is 1.66 bits per heavy atom. The van der Waals surface area contributed by atoms with Gasteiger partial charge in [0.15, 0.2) is 0 Å². The zero-order valence-electron chi connectivity index (χ0n) is 22.0. The number of amides is 2. The highest BCUT2D eigenvalue weighted by atomic mass is 35.5. The molecule has 1 aliphatic carbocycles. The molecule has 2 fully saturated rings. The third-order valence-corrected chi connectivity index (χ3v) is 7.59. The maximum Gasteiger partial charge on any atom is 0.317 e. The summed E-state index contributed by atoms with van der Waals surface area (Å²) in [5, 5.41) is 3.21. The van der Waals surface area contributed by atoms with Crippen LogP contribution in [0.2, 0.25) is 0 Å². The molecule has 8 nitrogen and oxygen atoms in total. The van der Waals surface area contributed by atoms with E-state index in [1.165, 1.54) is 12.0 Å². The molecule has 208 valence electrons. The van der Waals surface area contributed by atoms with Gasteiger partial charge in [0.2, 0.25) is 10.0 Å². The Kier molecular flexibility index (Phi) is 10.9. The number of nitrogens with one attached hydrogen (secondary N) is 2. The van der Waals surface area contributed by atoms with Crippen LogP contribution in [0.1, 0.15) is 44.1 Å². The predicted octanol–water partition coefficient (Wildman–Crippen LogP) is 5.38. The molecule has 1 aliphatic heterocycles. The van der Waals surface area contributed by atoms with Crippen LogP contribution in [0.4, 0.5) is 10.5 Å². The van der Waals surface area contributed by atoms with Crippen LogP contribution in [-0.2, 0) is 16.6 Å². The summed E-state index contributed by atoms with van der Waals surface area (Å²) in [4.78, 5) is 17.4. The molecule has 38 heavy (non-hydrogen) atoms. The van der Waals surface area contributed by atoms with E-state index in [4.69, 9.17) is 4.74 Å². The van der Waals surface area contributed by atoms with Crippen molar-refractivity contribution in [1.29, 1.82) is 0 Å². The number of hydrogen-bond donors (Lipinski definition) is 2. The van der Waals surface area contributed by atoms with Gasteiger partial charge in [-0.15, -0.1) is 19.0 Å². The predicted molar refractivity (Wildman–Crippen MR) is 155 cm³/mol. The molecule has 2 aliphatic rings. The van der Waals surface area contributed by atoms with Crippen LogP contribution in [0.25, 0.3) is 0 Å². The molecule has 1 saturated carbocycles. The second kappa shape index (κ2) is 13.9. The Balaban J connectivity index is 0.00000400.